The Hall–Kier alpha value is -1.50. The minimum absolute atomic E-state index is 1.06. The Bertz CT molecular complexity index is 548. The van der Waals surface area contributed by atoms with Gasteiger partial charge in [0.2, 0.25) is 0 Å². The first-order valence-corrected chi connectivity index (χ1v) is 8.10. The standard InChI is InChI=1S/C19H27N/c1-3-5-7-9-12-16-17-13-10-11-15-19(17)20-18(16)14-8-6-4-2/h7,9-11,13,15,20H,3-6,8,12,14H2,1-2H3/b9-7+. The Labute approximate surface area is 123 Å². The molecule has 1 aromatic heterocycles. The molecule has 2 rings (SSSR count). The van der Waals surface area contributed by atoms with E-state index in [1.807, 2.05) is 0 Å². The van der Waals surface area contributed by atoms with Gasteiger partial charge in [0, 0.05) is 16.6 Å². The van der Waals surface area contributed by atoms with E-state index in [4.69, 9.17) is 0 Å². The number of rotatable bonds is 8. The van der Waals surface area contributed by atoms with Crippen LogP contribution in [0.15, 0.2) is 36.4 Å². The molecule has 20 heavy (non-hydrogen) atoms. The first-order chi connectivity index (χ1) is 9.86. The second-order valence-electron chi connectivity index (χ2n) is 5.55. The summed E-state index contributed by atoms with van der Waals surface area (Å²) >= 11 is 0. The van der Waals surface area contributed by atoms with Crippen LogP contribution in [0, 0.1) is 0 Å². The zero-order chi connectivity index (χ0) is 14.2. The molecule has 1 nitrogen and oxygen atoms in total. The lowest BCUT2D eigenvalue weighted by Gasteiger charge is -2.02. The monoisotopic (exact) mass is 269 g/mol. The molecule has 1 N–H and O–H groups in total. The Morgan fingerprint density at radius 3 is 2.65 bits per heavy atom. The smallest absolute Gasteiger partial charge is 0.0459 e. The van der Waals surface area contributed by atoms with Crippen LogP contribution in [0.25, 0.3) is 10.9 Å². The quantitative estimate of drug-likeness (QED) is 0.460. The van der Waals surface area contributed by atoms with Crippen LogP contribution in [0.4, 0.5) is 0 Å². The predicted octanol–water partition coefficient (Wildman–Crippen LogP) is 5.80. The molecule has 2 aromatic rings. The molecule has 0 unspecified atom stereocenters. The molecule has 1 heterocycles. The second-order valence-corrected chi connectivity index (χ2v) is 5.55. The summed E-state index contributed by atoms with van der Waals surface area (Å²) < 4.78 is 0. The van der Waals surface area contributed by atoms with Gasteiger partial charge in [-0.15, -0.1) is 0 Å². The maximum absolute atomic E-state index is 3.63. The number of allylic oxidation sites excluding steroid dienone is 2. The summed E-state index contributed by atoms with van der Waals surface area (Å²) in [5.41, 5.74) is 4.24. The van der Waals surface area contributed by atoms with Crippen molar-refractivity contribution in [2.75, 3.05) is 0 Å². The summed E-state index contributed by atoms with van der Waals surface area (Å²) in [5, 5.41) is 1.40. The number of unbranched alkanes of at least 4 members (excludes halogenated alkanes) is 3. The topological polar surface area (TPSA) is 15.8 Å². The number of aromatic nitrogens is 1. The number of para-hydroxylation sites is 1. The summed E-state index contributed by atoms with van der Waals surface area (Å²) in [6.45, 7) is 4.49. The molecule has 0 saturated heterocycles. The number of aryl methyl sites for hydroxylation is 1. The number of aromatic amines is 1. The van der Waals surface area contributed by atoms with E-state index in [1.165, 1.54) is 60.7 Å². The van der Waals surface area contributed by atoms with Crippen LogP contribution in [0.5, 0.6) is 0 Å². The van der Waals surface area contributed by atoms with Gasteiger partial charge in [0.15, 0.2) is 0 Å². The van der Waals surface area contributed by atoms with Crippen molar-refractivity contribution in [2.45, 2.75) is 58.8 Å². The molecule has 0 saturated carbocycles. The van der Waals surface area contributed by atoms with Crippen molar-refractivity contribution in [1.82, 2.24) is 4.98 Å². The Balaban J connectivity index is 2.20. The minimum Gasteiger partial charge on any atom is -0.358 e. The van der Waals surface area contributed by atoms with Gasteiger partial charge in [0.1, 0.15) is 0 Å². The highest BCUT2D eigenvalue weighted by Crippen LogP contribution is 2.24. The van der Waals surface area contributed by atoms with Gasteiger partial charge in [0.05, 0.1) is 0 Å². The first kappa shape index (κ1) is 14.9. The van der Waals surface area contributed by atoms with E-state index in [1.54, 1.807) is 0 Å². The number of nitrogens with one attached hydrogen (secondary N) is 1. The van der Waals surface area contributed by atoms with Crippen molar-refractivity contribution in [2.24, 2.45) is 0 Å². The van der Waals surface area contributed by atoms with Crippen LogP contribution in [0.1, 0.15) is 57.2 Å². The number of benzene rings is 1. The maximum atomic E-state index is 3.63. The fourth-order valence-corrected chi connectivity index (χ4v) is 2.74. The summed E-state index contributed by atoms with van der Waals surface area (Å²) in [4.78, 5) is 3.63. The van der Waals surface area contributed by atoms with Gasteiger partial charge in [0.25, 0.3) is 0 Å². The first-order valence-electron chi connectivity index (χ1n) is 8.10. The van der Waals surface area contributed by atoms with E-state index >= 15 is 0 Å². The van der Waals surface area contributed by atoms with E-state index in [2.05, 4.69) is 55.2 Å². The molecule has 0 radical (unpaired) electrons. The van der Waals surface area contributed by atoms with E-state index in [0.717, 1.165) is 6.42 Å². The number of fused-ring (bicyclic) bond motifs is 1. The summed E-state index contributed by atoms with van der Waals surface area (Å²) in [7, 11) is 0. The average Bonchev–Trinajstić information content (AvgIpc) is 2.82. The van der Waals surface area contributed by atoms with Crippen LogP contribution in [0.3, 0.4) is 0 Å². The molecular weight excluding hydrogens is 242 g/mol. The van der Waals surface area contributed by atoms with Crippen molar-refractivity contribution in [3.63, 3.8) is 0 Å². The van der Waals surface area contributed by atoms with Crippen molar-refractivity contribution in [3.8, 4) is 0 Å². The van der Waals surface area contributed by atoms with Gasteiger partial charge < -0.3 is 4.98 Å². The van der Waals surface area contributed by atoms with E-state index in [0.29, 0.717) is 0 Å². The number of hydrogen-bond acceptors (Lipinski definition) is 0. The summed E-state index contributed by atoms with van der Waals surface area (Å²) in [6, 6.07) is 8.70. The molecule has 0 fully saturated rings. The van der Waals surface area contributed by atoms with Gasteiger partial charge in [-0.1, -0.05) is 63.5 Å². The van der Waals surface area contributed by atoms with Crippen molar-refractivity contribution in [1.29, 1.82) is 0 Å². The molecule has 0 bridgehead atoms. The lowest BCUT2D eigenvalue weighted by Crippen LogP contribution is -1.91. The third kappa shape index (κ3) is 3.75. The van der Waals surface area contributed by atoms with Crippen LogP contribution in [0.2, 0.25) is 0 Å². The highest BCUT2D eigenvalue weighted by molar-refractivity contribution is 5.84. The van der Waals surface area contributed by atoms with Crippen LogP contribution in [-0.2, 0) is 12.8 Å². The van der Waals surface area contributed by atoms with Gasteiger partial charge >= 0.3 is 0 Å². The third-order valence-electron chi connectivity index (χ3n) is 3.88. The summed E-state index contributed by atoms with van der Waals surface area (Å²) in [5.74, 6) is 0. The normalized spacial score (nSPS) is 11.7. The van der Waals surface area contributed by atoms with Gasteiger partial charge in [-0.05, 0) is 37.3 Å². The van der Waals surface area contributed by atoms with Crippen molar-refractivity contribution in [3.05, 3.63) is 47.7 Å². The number of hydrogen-bond donors (Lipinski definition) is 1. The minimum atomic E-state index is 1.06. The molecule has 0 spiro atoms. The lowest BCUT2D eigenvalue weighted by molar-refractivity contribution is 0.707. The SMILES string of the molecule is CCC/C=C/Cc1c(CCCCC)[nH]c2ccccc12. The zero-order valence-corrected chi connectivity index (χ0v) is 12.9. The van der Waals surface area contributed by atoms with E-state index in [-0.39, 0.29) is 0 Å². The highest BCUT2D eigenvalue weighted by atomic mass is 14.7. The fraction of sp³-hybridized carbons (Fsp3) is 0.474. The molecule has 108 valence electrons. The molecular formula is C19H27N. The highest BCUT2D eigenvalue weighted by Gasteiger charge is 2.09. The molecule has 0 aliphatic heterocycles. The van der Waals surface area contributed by atoms with Gasteiger partial charge in [-0.25, -0.2) is 0 Å². The van der Waals surface area contributed by atoms with Crippen molar-refractivity contribution < 1.29 is 0 Å². The molecule has 0 aliphatic carbocycles. The average molecular weight is 269 g/mol. The molecule has 0 aliphatic rings. The Morgan fingerprint density at radius 1 is 1.00 bits per heavy atom. The van der Waals surface area contributed by atoms with Crippen LogP contribution < -0.4 is 0 Å². The van der Waals surface area contributed by atoms with Crippen LogP contribution in [-0.4, -0.2) is 4.98 Å². The third-order valence-corrected chi connectivity index (χ3v) is 3.88. The Morgan fingerprint density at radius 2 is 1.85 bits per heavy atom. The van der Waals surface area contributed by atoms with Crippen LogP contribution >= 0.6 is 0 Å². The van der Waals surface area contributed by atoms with Gasteiger partial charge in [-0.2, -0.15) is 0 Å². The molecule has 0 amide bonds. The largest absolute Gasteiger partial charge is 0.358 e. The van der Waals surface area contributed by atoms with Crippen molar-refractivity contribution >= 4 is 10.9 Å². The Kier molecular flexibility index (Phi) is 5.91. The maximum Gasteiger partial charge on any atom is 0.0459 e. The molecule has 1 heteroatoms. The lowest BCUT2D eigenvalue weighted by atomic mass is 10.0. The van der Waals surface area contributed by atoms with E-state index in [9.17, 15) is 0 Å². The summed E-state index contributed by atoms with van der Waals surface area (Å²) in [6.07, 6.45) is 13.2. The van der Waals surface area contributed by atoms with Gasteiger partial charge in [-0.3, -0.25) is 0 Å². The fourth-order valence-electron chi connectivity index (χ4n) is 2.74. The molecule has 1 aromatic carbocycles. The predicted molar refractivity (Wildman–Crippen MR) is 89.3 cm³/mol. The molecule has 0 atom stereocenters. The second kappa shape index (κ2) is 7.94. The number of H-pyrrole nitrogens is 1. The zero-order valence-electron chi connectivity index (χ0n) is 12.9. The van der Waals surface area contributed by atoms with E-state index < -0.39 is 0 Å².